The first-order chi connectivity index (χ1) is 6.72. The van der Waals surface area contributed by atoms with Gasteiger partial charge in [0.2, 0.25) is 0 Å². The van der Waals surface area contributed by atoms with Gasteiger partial charge in [-0.25, -0.2) is 0 Å². The van der Waals surface area contributed by atoms with Crippen LogP contribution in [0.15, 0.2) is 35.6 Å². The first kappa shape index (κ1) is 8.90. The molecule has 2 aromatic rings. The number of fused-ring (bicyclic) bond motifs is 1. The van der Waals surface area contributed by atoms with Gasteiger partial charge in [-0.15, -0.1) is 0 Å². The van der Waals surface area contributed by atoms with Gasteiger partial charge in [0, 0.05) is 16.6 Å². The fraction of sp³-hybridized carbons (Fsp3) is 0. The van der Waals surface area contributed by atoms with Crippen LogP contribution in [0.1, 0.15) is 0 Å². The molecule has 0 radical (unpaired) electrons. The first-order valence-electron chi connectivity index (χ1n) is 3.90. The number of pyridine rings is 1. The Morgan fingerprint density at radius 2 is 2.07 bits per heavy atom. The van der Waals surface area contributed by atoms with Gasteiger partial charge in [-0.1, -0.05) is 16.8 Å². The first-order valence-corrected chi connectivity index (χ1v) is 4.28. The number of aromatic nitrogens is 1. The van der Waals surface area contributed by atoms with Crippen LogP contribution in [0.25, 0.3) is 10.9 Å². The molecule has 0 unspecified atom stereocenters. The van der Waals surface area contributed by atoms with Crippen LogP contribution >= 0.6 is 11.6 Å². The van der Waals surface area contributed by atoms with Crippen LogP contribution in [-0.4, -0.2) is 15.1 Å². The van der Waals surface area contributed by atoms with E-state index in [1.54, 1.807) is 18.2 Å². The lowest BCUT2D eigenvalue weighted by atomic mass is 10.2. The highest BCUT2D eigenvalue weighted by Crippen LogP contribution is 2.15. The second kappa shape index (κ2) is 3.23. The molecule has 2 rings (SSSR count). The van der Waals surface area contributed by atoms with Crippen LogP contribution in [-0.2, 0) is 0 Å². The largest absolute Gasteiger partial charge is 0.428 e. The average molecular weight is 211 g/mol. The third-order valence-electron chi connectivity index (χ3n) is 1.96. The van der Waals surface area contributed by atoms with Gasteiger partial charge in [0.25, 0.3) is 0 Å². The summed E-state index contributed by atoms with van der Waals surface area (Å²) in [5.41, 5.74) is 0.532. The second-order valence-corrected chi connectivity index (χ2v) is 3.24. The van der Waals surface area contributed by atoms with Gasteiger partial charge in [0.1, 0.15) is 5.36 Å². The molecule has 0 aliphatic carbocycles. The van der Waals surface area contributed by atoms with Crippen molar-refractivity contribution in [1.82, 2.24) is 4.73 Å². The molecule has 0 bridgehead atoms. The molecule has 4 nitrogen and oxygen atoms in total. The van der Waals surface area contributed by atoms with Gasteiger partial charge in [0.15, 0.2) is 0 Å². The van der Waals surface area contributed by atoms with E-state index in [0.29, 0.717) is 21.3 Å². The lowest BCUT2D eigenvalue weighted by molar-refractivity contribution is 0.197. The van der Waals surface area contributed by atoms with Gasteiger partial charge in [0.05, 0.1) is 5.52 Å². The summed E-state index contributed by atoms with van der Waals surface area (Å²) in [7, 11) is 0. The Morgan fingerprint density at radius 3 is 2.79 bits per heavy atom. The van der Waals surface area contributed by atoms with Gasteiger partial charge in [-0.3, -0.25) is 0 Å². The average Bonchev–Trinajstić information content (AvgIpc) is 2.18. The fourth-order valence-electron chi connectivity index (χ4n) is 1.31. The molecule has 1 aromatic carbocycles. The van der Waals surface area contributed by atoms with E-state index in [1.165, 1.54) is 12.3 Å². The molecule has 0 atom stereocenters. The molecule has 0 fully saturated rings. The van der Waals surface area contributed by atoms with E-state index in [9.17, 15) is 5.21 Å². The minimum atomic E-state index is 0.368. The highest BCUT2D eigenvalue weighted by molar-refractivity contribution is 6.31. The molecule has 0 amide bonds. The van der Waals surface area contributed by atoms with Crippen molar-refractivity contribution in [2.75, 3.05) is 0 Å². The molecular formula is C9H7ClN2O2. The van der Waals surface area contributed by atoms with Crippen LogP contribution in [0.4, 0.5) is 0 Å². The topological polar surface area (TPSA) is 57.8 Å². The van der Waals surface area contributed by atoms with E-state index in [1.807, 2.05) is 0 Å². The zero-order valence-electron chi connectivity index (χ0n) is 7.05. The zero-order chi connectivity index (χ0) is 10.1. The third-order valence-corrected chi connectivity index (χ3v) is 2.20. The summed E-state index contributed by atoms with van der Waals surface area (Å²) in [6, 6.07) is 6.40. The Morgan fingerprint density at radius 1 is 1.29 bits per heavy atom. The summed E-state index contributed by atoms with van der Waals surface area (Å²) in [6.45, 7) is 0. The number of hydrogen-bond acceptors (Lipinski definition) is 3. The molecule has 1 heterocycles. The van der Waals surface area contributed by atoms with Crippen molar-refractivity contribution in [3.05, 3.63) is 40.8 Å². The normalized spacial score (nSPS) is 12.2. The second-order valence-electron chi connectivity index (χ2n) is 2.81. The molecule has 0 saturated heterocycles. The van der Waals surface area contributed by atoms with Crippen LogP contribution in [0.2, 0.25) is 5.02 Å². The number of halogens is 1. The minimum absolute atomic E-state index is 0.368. The van der Waals surface area contributed by atoms with Gasteiger partial charge < -0.3 is 10.4 Å². The molecule has 0 aliphatic heterocycles. The van der Waals surface area contributed by atoms with Crippen molar-refractivity contribution in [3.8, 4) is 0 Å². The molecule has 0 aliphatic rings. The molecular weight excluding hydrogens is 204 g/mol. The van der Waals surface area contributed by atoms with E-state index in [4.69, 9.17) is 16.8 Å². The molecule has 72 valence electrons. The summed E-state index contributed by atoms with van der Waals surface area (Å²) < 4.78 is 0.945. The van der Waals surface area contributed by atoms with Crippen LogP contribution < -0.4 is 5.36 Å². The lowest BCUT2D eigenvalue weighted by Crippen LogP contribution is -2.07. The van der Waals surface area contributed by atoms with Gasteiger partial charge in [-0.05, 0) is 24.3 Å². The Balaban J connectivity index is 3.00. The number of benzene rings is 1. The van der Waals surface area contributed by atoms with E-state index in [2.05, 4.69) is 5.16 Å². The Hall–Kier alpha value is -1.68. The van der Waals surface area contributed by atoms with Crippen LogP contribution in [0, 0.1) is 0 Å². The maximum atomic E-state index is 9.43. The van der Waals surface area contributed by atoms with Crippen molar-refractivity contribution in [2.24, 2.45) is 5.16 Å². The predicted octanol–water partition coefficient (Wildman–Crippen LogP) is 1.82. The van der Waals surface area contributed by atoms with Gasteiger partial charge in [-0.2, -0.15) is 4.73 Å². The minimum Gasteiger partial charge on any atom is -0.428 e. The van der Waals surface area contributed by atoms with Crippen molar-refractivity contribution in [1.29, 1.82) is 0 Å². The van der Waals surface area contributed by atoms with E-state index < -0.39 is 0 Å². The number of rotatable bonds is 0. The van der Waals surface area contributed by atoms with E-state index >= 15 is 0 Å². The predicted molar refractivity (Wildman–Crippen MR) is 51.5 cm³/mol. The summed E-state index contributed by atoms with van der Waals surface area (Å²) in [5, 5.41) is 22.7. The van der Waals surface area contributed by atoms with Crippen molar-refractivity contribution in [3.63, 3.8) is 0 Å². The fourth-order valence-corrected chi connectivity index (χ4v) is 1.48. The summed E-state index contributed by atoms with van der Waals surface area (Å²) in [5.74, 6) is 0. The third kappa shape index (κ3) is 1.29. The Bertz CT molecular complexity index is 548. The Labute approximate surface area is 84.2 Å². The van der Waals surface area contributed by atoms with Gasteiger partial charge >= 0.3 is 0 Å². The summed E-state index contributed by atoms with van der Waals surface area (Å²) in [6.07, 6.45) is 1.39. The molecule has 14 heavy (non-hydrogen) atoms. The summed E-state index contributed by atoms with van der Waals surface area (Å²) >= 11 is 5.79. The van der Waals surface area contributed by atoms with E-state index in [0.717, 1.165) is 4.73 Å². The van der Waals surface area contributed by atoms with Crippen LogP contribution in [0.3, 0.4) is 0 Å². The summed E-state index contributed by atoms with van der Waals surface area (Å²) in [4.78, 5) is 0. The highest BCUT2D eigenvalue weighted by Gasteiger charge is 2.01. The number of nitrogens with zero attached hydrogens (tertiary/aromatic N) is 2. The number of hydrogen-bond donors (Lipinski definition) is 2. The quantitative estimate of drug-likeness (QED) is 0.396. The maximum Gasteiger partial charge on any atom is 0.113 e. The lowest BCUT2D eigenvalue weighted by Gasteiger charge is -2.03. The molecule has 0 spiro atoms. The standard InChI is InChI=1S/C9H7ClN2O2/c10-6-1-2-9-7(5-6)8(11-13)3-4-12(9)14/h1-5,13-14H/b11-8-. The SMILES string of the molecule is O/N=c1/ccn(O)c2ccc(Cl)cc12. The van der Waals surface area contributed by atoms with Crippen molar-refractivity contribution in [2.45, 2.75) is 0 Å². The van der Waals surface area contributed by atoms with Crippen molar-refractivity contribution < 1.29 is 10.4 Å². The van der Waals surface area contributed by atoms with Crippen LogP contribution in [0.5, 0.6) is 0 Å². The zero-order valence-corrected chi connectivity index (χ0v) is 7.81. The Kier molecular flexibility index (Phi) is 2.05. The highest BCUT2D eigenvalue weighted by atomic mass is 35.5. The molecule has 0 saturated carbocycles. The molecule has 2 N–H and O–H groups in total. The van der Waals surface area contributed by atoms with Crippen molar-refractivity contribution >= 4 is 22.5 Å². The van der Waals surface area contributed by atoms with E-state index in [-0.39, 0.29) is 0 Å². The smallest absolute Gasteiger partial charge is 0.113 e. The maximum absolute atomic E-state index is 9.43. The molecule has 5 heteroatoms. The monoisotopic (exact) mass is 210 g/mol. The molecule has 1 aromatic heterocycles.